The molecule has 110 valence electrons. The standard InChI is InChI=1S/C14H20FN3O2/c1-10-6-13(14(18(19)20)7-12(10)15)16-8-11-4-3-5-17(2)9-11/h6-7,11,16H,3-5,8-9H2,1-2H3. The number of likely N-dealkylation sites (tertiary alicyclic amines) is 1. The van der Waals surface area contributed by atoms with Crippen molar-refractivity contribution in [1.82, 2.24) is 4.90 Å². The first-order chi connectivity index (χ1) is 9.47. The van der Waals surface area contributed by atoms with Crippen molar-refractivity contribution < 1.29 is 9.31 Å². The monoisotopic (exact) mass is 281 g/mol. The van der Waals surface area contributed by atoms with Gasteiger partial charge in [-0.1, -0.05) is 0 Å². The van der Waals surface area contributed by atoms with Crippen LogP contribution in [0.2, 0.25) is 0 Å². The van der Waals surface area contributed by atoms with Crippen LogP contribution in [0.4, 0.5) is 15.8 Å². The molecule has 0 amide bonds. The van der Waals surface area contributed by atoms with Crippen LogP contribution in [-0.4, -0.2) is 36.5 Å². The molecule has 1 aliphatic heterocycles. The third kappa shape index (κ3) is 3.45. The van der Waals surface area contributed by atoms with Crippen molar-refractivity contribution in [3.05, 3.63) is 33.6 Å². The molecule has 0 aliphatic carbocycles. The van der Waals surface area contributed by atoms with Gasteiger partial charge in [-0.05, 0) is 50.9 Å². The Balaban J connectivity index is 2.08. The minimum atomic E-state index is -0.544. The largest absolute Gasteiger partial charge is 0.379 e. The van der Waals surface area contributed by atoms with Crippen LogP contribution in [-0.2, 0) is 0 Å². The normalized spacial score (nSPS) is 19.9. The summed E-state index contributed by atoms with van der Waals surface area (Å²) < 4.78 is 13.4. The van der Waals surface area contributed by atoms with Gasteiger partial charge in [0.15, 0.2) is 0 Å². The minimum absolute atomic E-state index is 0.197. The van der Waals surface area contributed by atoms with Gasteiger partial charge in [-0.25, -0.2) is 4.39 Å². The second kappa shape index (κ2) is 6.17. The van der Waals surface area contributed by atoms with Gasteiger partial charge in [-0.15, -0.1) is 0 Å². The zero-order chi connectivity index (χ0) is 14.7. The van der Waals surface area contributed by atoms with Crippen LogP contribution < -0.4 is 5.32 Å². The lowest BCUT2D eigenvalue weighted by Gasteiger charge is -2.29. The smallest absolute Gasteiger partial charge is 0.295 e. The average molecular weight is 281 g/mol. The van der Waals surface area contributed by atoms with Gasteiger partial charge in [-0.3, -0.25) is 10.1 Å². The molecule has 1 aromatic rings. The highest BCUT2D eigenvalue weighted by Crippen LogP contribution is 2.28. The number of benzene rings is 1. The summed E-state index contributed by atoms with van der Waals surface area (Å²) in [6.45, 7) is 4.38. The number of nitrogens with one attached hydrogen (secondary N) is 1. The van der Waals surface area contributed by atoms with Crippen molar-refractivity contribution in [2.75, 3.05) is 32.0 Å². The molecule has 5 nitrogen and oxygen atoms in total. The van der Waals surface area contributed by atoms with E-state index in [2.05, 4.69) is 17.3 Å². The van der Waals surface area contributed by atoms with Gasteiger partial charge in [0.05, 0.1) is 11.0 Å². The van der Waals surface area contributed by atoms with Crippen molar-refractivity contribution in [3.8, 4) is 0 Å². The fourth-order valence-corrected chi connectivity index (χ4v) is 2.66. The van der Waals surface area contributed by atoms with Crippen molar-refractivity contribution in [1.29, 1.82) is 0 Å². The van der Waals surface area contributed by atoms with Crippen LogP contribution in [0.5, 0.6) is 0 Å². The first kappa shape index (κ1) is 14.7. The zero-order valence-electron chi connectivity index (χ0n) is 11.9. The molecule has 1 aromatic carbocycles. The summed E-state index contributed by atoms with van der Waals surface area (Å²) in [7, 11) is 2.08. The van der Waals surface area contributed by atoms with E-state index in [4.69, 9.17) is 0 Å². The Hall–Kier alpha value is -1.69. The van der Waals surface area contributed by atoms with E-state index in [0.717, 1.165) is 32.0 Å². The highest BCUT2D eigenvalue weighted by atomic mass is 19.1. The topological polar surface area (TPSA) is 58.4 Å². The lowest BCUT2D eigenvalue weighted by Crippen LogP contribution is -2.35. The molecule has 1 unspecified atom stereocenters. The van der Waals surface area contributed by atoms with Crippen molar-refractivity contribution >= 4 is 11.4 Å². The van der Waals surface area contributed by atoms with Gasteiger partial charge in [0, 0.05) is 13.1 Å². The fourth-order valence-electron chi connectivity index (χ4n) is 2.66. The highest BCUT2D eigenvalue weighted by molar-refractivity contribution is 5.63. The third-order valence-electron chi connectivity index (χ3n) is 3.78. The maximum atomic E-state index is 13.4. The molecule has 6 heteroatoms. The Morgan fingerprint density at radius 3 is 2.95 bits per heavy atom. The van der Waals surface area contributed by atoms with E-state index in [1.807, 2.05) is 0 Å². The van der Waals surface area contributed by atoms with E-state index in [-0.39, 0.29) is 5.69 Å². The van der Waals surface area contributed by atoms with Gasteiger partial charge >= 0.3 is 0 Å². The summed E-state index contributed by atoms with van der Waals surface area (Å²) in [6, 6.07) is 2.50. The van der Waals surface area contributed by atoms with Gasteiger partial charge in [0.2, 0.25) is 0 Å². The maximum Gasteiger partial charge on any atom is 0.295 e. The molecule has 1 saturated heterocycles. The summed E-state index contributed by atoms with van der Waals surface area (Å²) in [5.41, 5.74) is 0.623. The summed E-state index contributed by atoms with van der Waals surface area (Å²) in [5.74, 6) is -0.0710. The van der Waals surface area contributed by atoms with Crippen molar-refractivity contribution in [3.63, 3.8) is 0 Å². The Kier molecular flexibility index (Phi) is 4.54. The average Bonchev–Trinajstić information content (AvgIpc) is 2.39. The Morgan fingerprint density at radius 2 is 2.30 bits per heavy atom. The maximum absolute atomic E-state index is 13.4. The summed E-state index contributed by atoms with van der Waals surface area (Å²) in [6.07, 6.45) is 2.26. The molecule has 0 saturated carbocycles. The molecule has 1 aliphatic rings. The molecule has 0 radical (unpaired) electrons. The van der Waals surface area contributed by atoms with Gasteiger partial charge < -0.3 is 10.2 Å². The molecule has 1 atom stereocenters. The summed E-state index contributed by atoms with van der Waals surface area (Å²) in [4.78, 5) is 12.7. The van der Waals surface area contributed by atoms with Crippen molar-refractivity contribution in [2.24, 2.45) is 5.92 Å². The number of rotatable bonds is 4. The number of piperidine rings is 1. The minimum Gasteiger partial charge on any atom is -0.379 e. The molecular formula is C14H20FN3O2. The van der Waals surface area contributed by atoms with E-state index >= 15 is 0 Å². The van der Waals surface area contributed by atoms with E-state index in [0.29, 0.717) is 23.7 Å². The lowest BCUT2D eigenvalue weighted by atomic mass is 9.98. The Bertz CT molecular complexity index is 507. The predicted molar refractivity (Wildman–Crippen MR) is 76.5 cm³/mol. The van der Waals surface area contributed by atoms with Crippen LogP contribution in [0.25, 0.3) is 0 Å². The van der Waals surface area contributed by atoms with Crippen LogP contribution in [0.1, 0.15) is 18.4 Å². The van der Waals surface area contributed by atoms with E-state index in [9.17, 15) is 14.5 Å². The van der Waals surface area contributed by atoms with E-state index in [1.54, 1.807) is 6.92 Å². The van der Waals surface area contributed by atoms with Crippen LogP contribution in [0.3, 0.4) is 0 Å². The molecule has 20 heavy (non-hydrogen) atoms. The van der Waals surface area contributed by atoms with Crippen molar-refractivity contribution in [2.45, 2.75) is 19.8 Å². The number of halogens is 1. The molecular weight excluding hydrogens is 261 g/mol. The quantitative estimate of drug-likeness (QED) is 0.681. The fraction of sp³-hybridized carbons (Fsp3) is 0.571. The van der Waals surface area contributed by atoms with Crippen LogP contribution in [0, 0.1) is 28.8 Å². The number of aryl methyl sites for hydroxylation is 1. The summed E-state index contributed by atoms with van der Waals surface area (Å²) >= 11 is 0. The number of hydrogen-bond donors (Lipinski definition) is 1. The first-order valence-electron chi connectivity index (χ1n) is 6.84. The first-order valence-corrected chi connectivity index (χ1v) is 6.84. The van der Waals surface area contributed by atoms with E-state index in [1.165, 1.54) is 6.07 Å². The van der Waals surface area contributed by atoms with E-state index < -0.39 is 10.7 Å². The zero-order valence-corrected chi connectivity index (χ0v) is 11.9. The lowest BCUT2D eigenvalue weighted by molar-refractivity contribution is -0.384. The van der Waals surface area contributed by atoms with Crippen LogP contribution in [0.15, 0.2) is 12.1 Å². The van der Waals surface area contributed by atoms with Gasteiger partial charge in [0.1, 0.15) is 11.5 Å². The molecule has 2 rings (SSSR count). The molecule has 1 fully saturated rings. The predicted octanol–water partition coefficient (Wildman–Crippen LogP) is 2.80. The number of nitrogens with zero attached hydrogens (tertiary/aromatic N) is 2. The number of hydrogen-bond acceptors (Lipinski definition) is 4. The third-order valence-corrected chi connectivity index (χ3v) is 3.78. The van der Waals surface area contributed by atoms with Crippen LogP contribution >= 0.6 is 0 Å². The van der Waals surface area contributed by atoms with Gasteiger partial charge in [0.25, 0.3) is 5.69 Å². The number of nitro benzene ring substituents is 1. The Morgan fingerprint density at radius 1 is 1.55 bits per heavy atom. The molecule has 1 N–H and O–H groups in total. The number of anilines is 1. The number of nitro groups is 1. The molecule has 0 aromatic heterocycles. The molecule has 1 heterocycles. The second-order valence-electron chi connectivity index (χ2n) is 5.53. The Labute approximate surface area is 117 Å². The molecule has 0 bridgehead atoms. The SMILES string of the molecule is Cc1cc(NCC2CCCN(C)C2)c([N+](=O)[O-])cc1F. The summed E-state index contributed by atoms with van der Waals surface area (Å²) in [5, 5.41) is 14.1. The molecule has 0 spiro atoms. The highest BCUT2D eigenvalue weighted by Gasteiger charge is 2.20. The second-order valence-corrected chi connectivity index (χ2v) is 5.53. The van der Waals surface area contributed by atoms with Gasteiger partial charge in [-0.2, -0.15) is 0 Å².